The van der Waals surface area contributed by atoms with Crippen molar-refractivity contribution in [3.8, 4) is 5.75 Å². The average Bonchev–Trinajstić information content (AvgIpc) is 2.40. The van der Waals surface area contributed by atoms with Gasteiger partial charge in [-0.1, -0.05) is 12.1 Å². The summed E-state index contributed by atoms with van der Waals surface area (Å²) >= 11 is 0. The van der Waals surface area contributed by atoms with Gasteiger partial charge in [-0.3, -0.25) is 0 Å². The van der Waals surface area contributed by atoms with Crippen LogP contribution < -0.4 is 10.1 Å². The molecule has 1 saturated heterocycles. The molecule has 0 amide bonds. The van der Waals surface area contributed by atoms with E-state index in [0.717, 1.165) is 31.8 Å². The van der Waals surface area contributed by atoms with Crippen LogP contribution in [0, 0.1) is 0 Å². The third-order valence-electron chi connectivity index (χ3n) is 3.30. The highest BCUT2D eigenvalue weighted by molar-refractivity contribution is 5.30. The molecule has 1 heterocycles. The predicted molar refractivity (Wildman–Crippen MR) is 68.4 cm³/mol. The highest BCUT2D eigenvalue weighted by Gasteiger charge is 2.16. The Morgan fingerprint density at radius 3 is 2.82 bits per heavy atom. The van der Waals surface area contributed by atoms with Crippen LogP contribution in [0.15, 0.2) is 24.3 Å². The second-order valence-corrected chi connectivity index (χ2v) is 4.55. The quantitative estimate of drug-likeness (QED) is 0.870. The van der Waals surface area contributed by atoms with Gasteiger partial charge in [-0.05, 0) is 37.5 Å². The SMILES string of the molecule is COc1cccc([C@@H](C)NC2CCOCC2)c1. The van der Waals surface area contributed by atoms with Crippen LogP contribution in [0.3, 0.4) is 0 Å². The second kappa shape index (κ2) is 6.03. The van der Waals surface area contributed by atoms with E-state index in [0.29, 0.717) is 12.1 Å². The van der Waals surface area contributed by atoms with Crippen LogP contribution >= 0.6 is 0 Å². The van der Waals surface area contributed by atoms with E-state index in [1.165, 1.54) is 5.56 Å². The van der Waals surface area contributed by atoms with E-state index in [9.17, 15) is 0 Å². The molecule has 1 aliphatic heterocycles. The van der Waals surface area contributed by atoms with Crippen molar-refractivity contribution in [3.63, 3.8) is 0 Å². The number of hydrogen-bond donors (Lipinski definition) is 1. The molecule has 1 atom stereocenters. The lowest BCUT2D eigenvalue weighted by atomic mass is 10.0. The zero-order chi connectivity index (χ0) is 12.1. The molecule has 0 unspecified atom stereocenters. The molecule has 2 rings (SSSR count). The minimum absolute atomic E-state index is 0.355. The molecule has 0 spiro atoms. The van der Waals surface area contributed by atoms with Crippen molar-refractivity contribution in [2.75, 3.05) is 20.3 Å². The van der Waals surface area contributed by atoms with Gasteiger partial charge in [0, 0.05) is 25.3 Å². The standard InChI is InChI=1S/C14H21NO2/c1-11(15-13-6-8-17-9-7-13)12-4-3-5-14(10-12)16-2/h3-5,10-11,13,15H,6-9H2,1-2H3/t11-/m1/s1. The average molecular weight is 235 g/mol. The van der Waals surface area contributed by atoms with Crippen LogP contribution in [0.2, 0.25) is 0 Å². The second-order valence-electron chi connectivity index (χ2n) is 4.55. The molecular weight excluding hydrogens is 214 g/mol. The van der Waals surface area contributed by atoms with Gasteiger partial charge in [-0.2, -0.15) is 0 Å². The first-order valence-electron chi connectivity index (χ1n) is 6.27. The fourth-order valence-electron chi connectivity index (χ4n) is 2.22. The molecule has 0 saturated carbocycles. The van der Waals surface area contributed by atoms with Gasteiger partial charge in [0.05, 0.1) is 7.11 Å². The lowest BCUT2D eigenvalue weighted by Gasteiger charge is -2.27. The van der Waals surface area contributed by atoms with Crippen LogP contribution in [-0.4, -0.2) is 26.4 Å². The van der Waals surface area contributed by atoms with Crippen molar-refractivity contribution in [2.45, 2.75) is 31.8 Å². The molecule has 1 N–H and O–H groups in total. The molecule has 0 radical (unpaired) electrons. The maximum atomic E-state index is 5.36. The van der Waals surface area contributed by atoms with Crippen LogP contribution in [0.1, 0.15) is 31.4 Å². The highest BCUT2D eigenvalue weighted by Crippen LogP contribution is 2.20. The molecule has 1 aliphatic rings. The van der Waals surface area contributed by atoms with E-state index >= 15 is 0 Å². The van der Waals surface area contributed by atoms with Crippen molar-refractivity contribution < 1.29 is 9.47 Å². The molecule has 0 aliphatic carbocycles. The van der Waals surface area contributed by atoms with Gasteiger partial charge in [0.2, 0.25) is 0 Å². The Morgan fingerprint density at radius 2 is 2.12 bits per heavy atom. The van der Waals surface area contributed by atoms with Gasteiger partial charge < -0.3 is 14.8 Å². The summed E-state index contributed by atoms with van der Waals surface area (Å²) in [4.78, 5) is 0. The summed E-state index contributed by atoms with van der Waals surface area (Å²) in [6.07, 6.45) is 2.21. The van der Waals surface area contributed by atoms with E-state index < -0.39 is 0 Å². The van der Waals surface area contributed by atoms with Crippen molar-refractivity contribution in [3.05, 3.63) is 29.8 Å². The zero-order valence-corrected chi connectivity index (χ0v) is 10.6. The normalized spacial score (nSPS) is 18.9. The molecule has 1 fully saturated rings. The summed E-state index contributed by atoms with van der Waals surface area (Å²) in [5.41, 5.74) is 1.27. The van der Waals surface area contributed by atoms with Crippen LogP contribution in [-0.2, 0) is 4.74 Å². The Balaban J connectivity index is 1.95. The fourth-order valence-corrected chi connectivity index (χ4v) is 2.22. The number of hydrogen-bond acceptors (Lipinski definition) is 3. The van der Waals surface area contributed by atoms with E-state index in [1.807, 2.05) is 12.1 Å². The van der Waals surface area contributed by atoms with Crippen molar-refractivity contribution in [1.29, 1.82) is 0 Å². The summed E-state index contributed by atoms with van der Waals surface area (Å²) < 4.78 is 10.6. The van der Waals surface area contributed by atoms with Crippen molar-refractivity contribution in [2.24, 2.45) is 0 Å². The Morgan fingerprint density at radius 1 is 1.35 bits per heavy atom. The predicted octanol–water partition coefficient (Wildman–Crippen LogP) is 2.52. The first-order valence-corrected chi connectivity index (χ1v) is 6.27. The third kappa shape index (κ3) is 3.45. The molecule has 3 nitrogen and oxygen atoms in total. The van der Waals surface area contributed by atoms with Gasteiger partial charge in [0.25, 0.3) is 0 Å². The lowest BCUT2D eigenvalue weighted by molar-refractivity contribution is 0.0754. The molecule has 17 heavy (non-hydrogen) atoms. The van der Waals surface area contributed by atoms with Crippen LogP contribution in [0.25, 0.3) is 0 Å². The Bertz CT molecular complexity index is 348. The number of methoxy groups -OCH3 is 1. The van der Waals surface area contributed by atoms with Gasteiger partial charge in [-0.25, -0.2) is 0 Å². The molecule has 1 aromatic carbocycles. The number of benzene rings is 1. The maximum Gasteiger partial charge on any atom is 0.119 e. The van der Waals surface area contributed by atoms with Crippen LogP contribution in [0.5, 0.6) is 5.75 Å². The van der Waals surface area contributed by atoms with Gasteiger partial charge in [0.15, 0.2) is 0 Å². The molecule has 1 aromatic rings. The van der Waals surface area contributed by atoms with E-state index in [2.05, 4.69) is 24.4 Å². The number of nitrogens with one attached hydrogen (secondary N) is 1. The summed E-state index contributed by atoms with van der Waals surface area (Å²) in [7, 11) is 1.70. The Labute approximate surface area is 103 Å². The zero-order valence-electron chi connectivity index (χ0n) is 10.6. The summed E-state index contributed by atoms with van der Waals surface area (Å²) in [6, 6.07) is 9.18. The fraction of sp³-hybridized carbons (Fsp3) is 0.571. The van der Waals surface area contributed by atoms with Gasteiger partial charge in [0.1, 0.15) is 5.75 Å². The Hall–Kier alpha value is -1.06. The summed E-state index contributed by atoms with van der Waals surface area (Å²) in [6.45, 7) is 3.95. The molecule has 3 heteroatoms. The minimum Gasteiger partial charge on any atom is -0.497 e. The maximum absolute atomic E-state index is 5.36. The van der Waals surface area contributed by atoms with Crippen LogP contribution in [0.4, 0.5) is 0 Å². The monoisotopic (exact) mass is 235 g/mol. The molecular formula is C14H21NO2. The molecule has 94 valence electrons. The topological polar surface area (TPSA) is 30.5 Å². The summed E-state index contributed by atoms with van der Waals surface area (Å²) in [5.74, 6) is 0.920. The minimum atomic E-state index is 0.355. The first kappa shape index (κ1) is 12.4. The largest absolute Gasteiger partial charge is 0.497 e. The smallest absolute Gasteiger partial charge is 0.119 e. The van der Waals surface area contributed by atoms with Crippen molar-refractivity contribution in [1.82, 2.24) is 5.32 Å². The Kier molecular flexibility index (Phi) is 4.40. The lowest BCUT2D eigenvalue weighted by Crippen LogP contribution is -2.36. The summed E-state index contributed by atoms with van der Waals surface area (Å²) in [5, 5.41) is 3.65. The highest BCUT2D eigenvalue weighted by atomic mass is 16.5. The number of ether oxygens (including phenoxy) is 2. The molecule has 0 aromatic heterocycles. The van der Waals surface area contributed by atoms with E-state index in [4.69, 9.17) is 9.47 Å². The van der Waals surface area contributed by atoms with Gasteiger partial charge >= 0.3 is 0 Å². The van der Waals surface area contributed by atoms with E-state index in [-0.39, 0.29) is 0 Å². The van der Waals surface area contributed by atoms with Crippen molar-refractivity contribution >= 4 is 0 Å². The van der Waals surface area contributed by atoms with E-state index in [1.54, 1.807) is 7.11 Å². The molecule has 0 bridgehead atoms. The van der Waals surface area contributed by atoms with Gasteiger partial charge in [-0.15, -0.1) is 0 Å². The number of rotatable bonds is 4. The first-order chi connectivity index (χ1) is 8.29. The third-order valence-corrected chi connectivity index (χ3v) is 3.30.